The standard InChI is InChI=1S/C15H20FNO3/c1-10(8-14(19)17-7-6-11(2)18)15(20)12-4-3-5-13(16)9-12/h3-5,9-11,18H,6-8H2,1-2H3,(H,17,19). The molecule has 4 nitrogen and oxygen atoms in total. The number of Topliss-reactive ketones (excluding diaryl/α,β-unsaturated/α-hetero) is 1. The number of nitrogens with one attached hydrogen (secondary N) is 1. The number of aliphatic hydroxyl groups excluding tert-OH is 1. The molecular weight excluding hydrogens is 261 g/mol. The molecule has 0 saturated carbocycles. The number of halogens is 1. The van der Waals surface area contributed by atoms with E-state index in [9.17, 15) is 14.0 Å². The molecule has 1 aromatic rings. The van der Waals surface area contributed by atoms with Gasteiger partial charge in [-0.15, -0.1) is 0 Å². The summed E-state index contributed by atoms with van der Waals surface area (Å²) >= 11 is 0. The van der Waals surface area contributed by atoms with Gasteiger partial charge in [0.1, 0.15) is 5.82 Å². The Morgan fingerprint density at radius 2 is 2.05 bits per heavy atom. The minimum atomic E-state index is -0.511. The van der Waals surface area contributed by atoms with E-state index in [0.717, 1.165) is 0 Å². The van der Waals surface area contributed by atoms with Crippen molar-refractivity contribution in [1.29, 1.82) is 0 Å². The van der Waals surface area contributed by atoms with Crippen LogP contribution in [0.1, 0.15) is 37.0 Å². The Bertz CT molecular complexity index is 474. The van der Waals surface area contributed by atoms with Gasteiger partial charge in [0.25, 0.3) is 0 Å². The smallest absolute Gasteiger partial charge is 0.220 e. The molecule has 1 amide bonds. The maximum absolute atomic E-state index is 13.0. The summed E-state index contributed by atoms with van der Waals surface area (Å²) < 4.78 is 13.0. The molecule has 2 unspecified atom stereocenters. The van der Waals surface area contributed by atoms with Gasteiger partial charge in [0.05, 0.1) is 6.10 Å². The van der Waals surface area contributed by atoms with Gasteiger partial charge in [0.15, 0.2) is 5.78 Å². The van der Waals surface area contributed by atoms with E-state index in [1.807, 2.05) is 0 Å². The van der Waals surface area contributed by atoms with E-state index < -0.39 is 17.8 Å². The third-order valence-electron chi connectivity index (χ3n) is 2.93. The first-order chi connectivity index (χ1) is 9.40. The Hall–Kier alpha value is -1.75. The molecule has 0 bridgehead atoms. The highest BCUT2D eigenvalue weighted by Gasteiger charge is 2.18. The van der Waals surface area contributed by atoms with Crippen molar-refractivity contribution in [1.82, 2.24) is 5.32 Å². The van der Waals surface area contributed by atoms with Crippen molar-refractivity contribution in [2.75, 3.05) is 6.54 Å². The second-order valence-corrected chi connectivity index (χ2v) is 4.97. The number of carbonyl (C=O) groups excluding carboxylic acids is 2. The zero-order valence-electron chi connectivity index (χ0n) is 11.7. The number of rotatable bonds is 7. The van der Waals surface area contributed by atoms with Crippen LogP contribution in [0.2, 0.25) is 0 Å². The van der Waals surface area contributed by atoms with Gasteiger partial charge in [-0.05, 0) is 25.5 Å². The molecule has 0 aliphatic rings. The van der Waals surface area contributed by atoms with Crippen LogP contribution in [-0.4, -0.2) is 29.4 Å². The molecule has 1 aromatic carbocycles. The highest BCUT2D eigenvalue weighted by Crippen LogP contribution is 2.13. The summed E-state index contributed by atoms with van der Waals surface area (Å²) in [7, 11) is 0. The van der Waals surface area contributed by atoms with Crippen molar-refractivity contribution in [3.8, 4) is 0 Å². The lowest BCUT2D eigenvalue weighted by molar-refractivity contribution is -0.121. The van der Waals surface area contributed by atoms with Crippen molar-refractivity contribution in [3.05, 3.63) is 35.6 Å². The lowest BCUT2D eigenvalue weighted by Gasteiger charge is -2.11. The summed E-state index contributed by atoms with van der Waals surface area (Å²) in [5.74, 6) is -1.48. The third-order valence-corrected chi connectivity index (χ3v) is 2.93. The molecule has 0 radical (unpaired) electrons. The van der Waals surface area contributed by atoms with E-state index in [4.69, 9.17) is 5.11 Å². The van der Waals surface area contributed by atoms with Crippen LogP contribution in [0.15, 0.2) is 24.3 Å². The molecule has 2 N–H and O–H groups in total. The van der Waals surface area contributed by atoms with Crippen LogP contribution in [-0.2, 0) is 4.79 Å². The second kappa shape index (κ2) is 7.75. The Kier molecular flexibility index (Phi) is 6.31. The summed E-state index contributed by atoms with van der Waals surface area (Å²) in [6, 6.07) is 5.44. The molecule has 0 heterocycles. The average molecular weight is 281 g/mol. The molecule has 110 valence electrons. The first-order valence-corrected chi connectivity index (χ1v) is 6.64. The molecule has 0 spiro atoms. The summed E-state index contributed by atoms with van der Waals surface area (Å²) in [6.45, 7) is 3.65. The Labute approximate surface area is 118 Å². The van der Waals surface area contributed by atoms with E-state index in [1.165, 1.54) is 24.3 Å². The lowest BCUT2D eigenvalue weighted by Crippen LogP contribution is -2.29. The predicted octanol–water partition coefficient (Wildman–Crippen LogP) is 1.92. The zero-order chi connectivity index (χ0) is 15.1. The Balaban J connectivity index is 2.47. The van der Waals surface area contributed by atoms with E-state index in [-0.39, 0.29) is 23.7 Å². The van der Waals surface area contributed by atoms with Crippen LogP contribution < -0.4 is 5.32 Å². The van der Waals surface area contributed by atoms with Gasteiger partial charge in [-0.25, -0.2) is 4.39 Å². The molecule has 1 rings (SSSR count). The van der Waals surface area contributed by atoms with Gasteiger partial charge in [0.2, 0.25) is 5.91 Å². The van der Waals surface area contributed by atoms with Crippen molar-refractivity contribution in [2.45, 2.75) is 32.8 Å². The van der Waals surface area contributed by atoms with E-state index in [2.05, 4.69) is 5.32 Å². The topological polar surface area (TPSA) is 66.4 Å². The molecule has 0 aliphatic carbocycles. The summed E-state index contributed by atoms with van der Waals surface area (Å²) in [6.07, 6.45) is 0.0503. The van der Waals surface area contributed by atoms with Gasteiger partial charge < -0.3 is 10.4 Å². The summed E-state index contributed by atoms with van der Waals surface area (Å²) in [5.41, 5.74) is 0.272. The summed E-state index contributed by atoms with van der Waals surface area (Å²) in [4.78, 5) is 23.6. The number of amides is 1. The van der Waals surface area contributed by atoms with Crippen LogP contribution in [0.5, 0.6) is 0 Å². The highest BCUT2D eigenvalue weighted by molar-refractivity contribution is 5.99. The van der Waals surface area contributed by atoms with Gasteiger partial charge in [-0.2, -0.15) is 0 Å². The number of benzene rings is 1. The van der Waals surface area contributed by atoms with Crippen LogP contribution >= 0.6 is 0 Å². The monoisotopic (exact) mass is 281 g/mol. The third kappa shape index (κ3) is 5.48. The van der Waals surface area contributed by atoms with Gasteiger partial charge >= 0.3 is 0 Å². The van der Waals surface area contributed by atoms with Crippen molar-refractivity contribution in [3.63, 3.8) is 0 Å². The maximum atomic E-state index is 13.0. The van der Waals surface area contributed by atoms with E-state index >= 15 is 0 Å². The van der Waals surface area contributed by atoms with Crippen molar-refractivity contribution in [2.24, 2.45) is 5.92 Å². The Morgan fingerprint density at radius 1 is 1.35 bits per heavy atom. The maximum Gasteiger partial charge on any atom is 0.220 e. The molecular formula is C15H20FNO3. The first-order valence-electron chi connectivity index (χ1n) is 6.64. The molecule has 0 fully saturated rings. The van der Waals surface area contributed by atoms with Crippen LogP contribution in [0.3, 0.4) is 0 Å². The largest absolute Gasteiger partial charge is 0.393 e. The van der Waals surface area contributed by atoms with Gasteiger partial charge in [0, 0.05) is 24.4 Å². The number of aliphatic hydroxyl groups is 1. The minimum absolute atomic E-state index is 0.0508. The first kappa shape index (κ1) is 16.3. The minimum Gasteiger partial charge on any atom is -0.393 e. The van der Waals surface area contributed by atoms with Crippen LogP contribution in [0.4, 0.5) is 4.39 Å². The van der Waals surface area contributed by atoms with E-state index in [1.54, 1.807) is 13.8 Å². The number of carbonyl (C=O) groups is 2. The quantitative estimate of drug-likeness (QED) is 0.750. The summed E-state index contributed by atoms with van der Waals surface area (Å²) in [5, 5.41) is 11.7. The second-order valence-electron chi connectivity index (χ2n) is 4.97. The molecule has 0 aliphatic heterocycles. The zero-order valence-corrected chi connectivity index (χ0v) is 11.7. The SMILES string of the molecule is CC(O)CCNC(=O)CC(C)C(=O)c1cccc(F)c1. The van der Waals surface area contributed by atoms with Gasteiger partial charge in [-0.1, -0.05) is 19.1 Å². The fourth-order valence-corrected chi connectivity index (χ4v) is 1.79. The van der Waals surface area contributed by atoms with E-state index in [0.29, 0.717) is 13.0 Å². The molecule has 5 heteroatoms. The normalized spacial score (nSPS) is 13.6. The highest BCUT2D eigenvalue weighted by atomic mass is 19.1. The lowest BCUT2D eigenvalue weighted by atomic mass is 9.96. The predicted molar refractivity (Wildman–Crippen MR) is 73.8 cm³/mol. The Morgan fingerprint density at radius 3 is 2.65 bits per heavy atom. The van der Waals surface area contributed by atoms with Crippen LogP contribution in [0, 0.1) is 11.7 Å². The van der Waals surface area contributed by atoms with Crippen LogP contribution in [0.25, 0.3) is 0 Å². The number of hydrogen-bond acceptors (Lipinski definition) is 3. The average Bonchev–Trinajstić information content (AvgIpc) is 2.37. The molecule has 20 heavy (non-hydrogen) atoms. The molecule has 0 aromatic heterocycles. The molecule has 0 saturated heterocycles. The van der Waals surface area contributed by atoms with Crippen molar-refractivity contribution >= 4 is 11.7 Å². The fraction of sp³-hybridized carbons (Fsp3) is 0.467. The fourth-order valence-electron chi connectivity index (χ4n) is 1.79. The van der Waals surface area contributed by atoms with Crippen molar-refractivity contribution < 1.29 is 19.1 Å². The number of ketones is 1. The molecule has 2 atom stereocenters. The number of hydrogen-bond donors (Lipinski definition) is 2. The van der Waals surface area contributed by atoms with Gasteiger partial charge in [-0.3, -0.25) is 9.59 Å².